The van der Waals surface area contributed by atoms with Gasteiger partial charge in [-0.25, -0.2) is 0 Å². The predicted molar refractivity (Wildman–Crippen MR) is 122 cm³/mol. The molecular weight excluding hydrogens is 427 g/mol. The second kappa shape index (κ2) is 7.24. The summed E-state index contributed by atoms with van der Waals surface area (Å²) in [7, 11) is 1.61. The monoisotopic (exact) mass is 442 g/mol. The number of nitrogens with one attached hydrogen (secondary N) is 2. The van der Waals surface area contributed by atoms with E-state index in [4.69, 9.17) is 4.74 Å². The summed E-state index contributed by atoms with van der Waals surface area (Å²) >= 11 is 1.10. The topological polar surface area (TPSA) is 92.4 Å². The van der Waals surface area contributed by atoms with Crippen LogP contribution < -0.4 is 4.74 Å². The molecule has 2 N–H and O–H groups in total. The van der Waals surface area contributed by atoms with E-state index in [-0.39, 0.29) is 5.13 Å². The lowest BCUT2D eigenvalue weighted by molar-refractivity contribution is 0.413. The van der Waals surface area contributed by atoms with Crippen molar-refractivity contribution in [1.82, 2.24) is 30.1 Å². The highest BCUT2D eigenvalue weighted by Gasteiger charge is 2.16. The van der Waals surface area contributed by atoms with E-state index in [2.05, 4.69) is 30.1 Å². The number of hydrogen-bond acceptors (Lipinski definition) is 6. The van der Waals surface area contributed by atoms with E-state index in [1.54, 1.807) is 44.2 Å². The number of aromatic amines is 2. The SMILES string of the molecule is COc1cncc(-c2cc3c(-c4cc5c(-c6ccc(F)s6)cncc5[nH]4)n[nH]c3cn2)c1. The lowest BCUT2D eigenvalue weighted by Crippen LogP contribution is -1.88. The summed E-state index contributed by atoms with van der Waals surface area (Å²) in [4.78, 5) is 17.3. The Morgan fingerprint density at radius 3 is 2.69 bits per heavy atom. The van der Waals surface area contributed by atoms with Crippen molar-refractivity contribution in [3.8, 4) is 38.8 Å². The van der Waals surface area contributed by atoms with E-state index in [0.29, 0.717) is 5.75 Å². The molecule has 32 heavy (non-hydrogen) atoms. The molecule has 0 radical (unpaired) electrons. The molecule has 0 bridgehead atoms. The molecule has 6 heterocycles. The number of hydrogen-bond donors (Lipinski definition) is 2. The third-order valence-electron chi connectivity index (χ3n) is 5.33. The summed E-state index contributed by atoms with van der Waals surface area (Å²) in [6.07, 6.45) is 8.67. The zero-order valence-electron chi connectivity index (χ0n) is 16.8. The molecule has 0 amide bonds. The van der Waals surface area contributed by atoms with Gasteiger partial charge in [-0.2, -0.15) is 9.49 Å². The number of H-pyrrole nitrogens is 2. The molecule has 7 nitrogen and oxygen atoms in total. The first-order valence-corrected chi connectivity index (χ1v) is 10.6. The molecule has 6 rings (SSSR count). The Balaban J connectivity index is 1.49. The van der Waals surface area contributed by atoms with E-state index in [1.165, 1.54) is 6.07 Å². The standard InChI is InChI=1S/C23H15FN6OS/c1-31-13-4-12(7-25-8-13)17-6-15-20(11-27-17)29-30-23(15)18-5-14-16(9-26-10-19(14)28-18)21-2-3-22(24)32-21/h2-11,28H,1H3,(H,29,30). The highest BCUT2D eigenvalue weighted by Crippen LogP contribution is 2.36. The molecule has 0 aliphatic heterocycles. The highest BCUT2D eigenvalue weighted by molar-refractivity contribution is 7.14. The van der Waals surface area contributed by atoms with Crippen LogP contribution >= 0.6 is 11.3 Å². The summed E-state index contributed by atoms with van der Waals surface area (Å²) in [5, 5.41) is 9.22. The zero-order valence-corrected chi connectivity index (χ0v) is 17.6. The van der Waals surface area contributed by atoms with Crippen molar-refractivity contribution in [2.24, 2.45) is 0 Å². The fraction of sp³-hybridized carbons (Fsp3) is 0.0435. The van der Waals surface area contributed by atoms with Gasteiger partial charge >= 0.3 is 0 Å². The summed E-state index contributed by atoms with van der Waals surface area (Å²) in [5.74, 6) is 0.664. The molecule has 0 spiro atoms. The Bertz CT molecular complexity index is 1600. The van der Waals surface area contributed by atoms with E-state index in [1.807, 2.05) is 18.2 Å². The van der Waals surface area contributed by atoms with Crippen molar-refractivity contribution < 1.29 is 9.13 Å². The van der Waals surface area contributed by atoms with Crippen LogP contribution in [0.2, 0.25) is 0 Å². The van der Waals surface area contributed by atoms with Gasteiger partial charge in [0.1, 0.15) is 11.4 Å². The first-order chi connectivity index (χ1) is 15.7. The van der Waals surface area contributed by atoms with Gasteiger partial charge < -0.3 is 9.72 Å². The lowest BCUT2D eigenvalue weighted by Gasteiger charge is -2.04. The minimum absolute atomic E-state index is 0.224. The van der Waals surface area contributed by atoms with Gasteiger partial charge in [0, 0.05) is 39.2 Å². The van der Waals surface area contributed by atoms with Crippen molar-refractivity contribution >= 4 is 33.1 Å². The molecule has 0 aliphatic rings. The molecule has 0 aliphatic carbocycles. The zero-order chi connectivity index (χ0) is 21.7. The number of aromatic nitrogens is 6. The molecule has 6 aromatic rings. The maximum Gasteiger partial charge on any atom is 0.176 e. The molecule has 0 fully saturated rings. The fourth-order valence-corrected chi connectivity index (χ4v) is 4.54. The van der Waals surface area contributed by atoms with Gasteiger partial charge in [-0.3, -0.25) is 20.1 Å². The summed E-state index contributed by atoms with van der Waals surface area (Å²) in [6.45, 7) is 0. The number of nitrogens with zero attached hydrogens (tertiary/aromatic N) is 4. The van der Waals surface area contributed by atoms with Crippen LogP contribution in [0.15, 0.2) is 61.3 Å². The molecule has 156 valence electrons. The van der Waals surface area contributed by atoms with Crippen LogP contribution in [0.25, 0.3) is 54.9 Å². The van der Waals surface area contributed by atoms with Crippen LogP contribution in [0.3, 0.4) is 0 Å². The number of halogens is 1. The normalized spacial score (nSPS) is 11.4. The van der Waals surface area contributed by atoms with Crippen LogP contribution in [-0.2, 0) is 0 Å². The van der Waals surface area contributed by atoms with Crippen LogP contribution in [-0.4, -0.2) is 37.2 Å². The summed E-state index contributed by atoms with van der Waals surface area (Å²) in [6, 6.07) is 9.13. The van der Waals surface area contributed by atoms with Crippen LogP contribution in [0.4, 0.5) is 4.39 Å². The Kier molecular flexibility index (Phi) is 4.22. The number of thiophene rings is 1. The first-order valence-electron chi connectivity index (χ1n) is 9.76. The number of rotatable bonds is 4. The predicted octanol–water partition coefficient (Wildman–Crippen LogP) is 5.44. The molecule has 0 saturated heterocycles. The second-order valence-corrected chi connectivity index (χ2v) is 8.27. The average Bonchev–Trinajstić information content (AvgIpc) is 3.55. The van der Waals surface area contributed by atoms with Gasteiger partial charge in [-0.1, -0.05) is 0 Å². The van der Waals surface area contributed by atoms with Crippen LogP contribution in [0.1, 0.15) is 0 Å². The Morgan fingerprint density at radius 2 is 1.84 bits per heavy atom. The molecular formula is C23H15FN6OS. The largest absolute Gasteiger partial charge is 0.495 e. The van der Waals surface area contributed by atoms with Crippen molar-refractivity contribution in [1.29, 1.82) is 0 Å². The smallest absolute Gasteiger partial charge is 0.176 e. The van der Waals surface area contributed by atoms with Gasteiger partial charge in [0.2, 0.25) is 0 Å². The van der Waals surface area contributed by atoms with Crippen molar-refractivity contribution in [2.45, 2.75) is 0 Å². The van der Waals surface area contributed by atoms with Crippen LogP contribution in [0, 0.1) is 5.13 Å². The molecule has 0 unspecified atom stereocenters. The second-order valence-electron chi connectivity index (χ2n) is 7.24. The highest BCUT2D eigenvalue weighted by atomic mass is 32.1. The molecule has 0 saturated carbocycles. The quantitative estimate of drug-likeness (QED) is 0.379. The Labute approximate surface area is 185 Å². The van der Waals surface area contributed by atoms with Gasteiger partial charge in [0.15, 0.2) is 5.13 Å². The number of fused-ring (bicyclic) bond motifs is 2. The van der Waals surface area contributed by atoms with Gasteiger partial charge in [-0.15, -0.1) is 11.3 Å². The summed E-state index contributed by atoms with van der Waals surface area (Å²) in [5.41, 5.74) is 5.76. The maximum atomic E-state index is 13.6. The van der Waals surface area contributed by atoms with Gasteiger partial charge in [-0.05, 0) is 30.3 Å². The minimum Gasteiger partial charge on any atom is -0.495 e. The number of ether oxygens (including phenoxy) is 1. The van der Waals surface area contributed by atoms with Crippen molar-refractivity contribution in [3.05, 3.63) is 66.4 Å². The van der Waals surface area contributed by atoms with Crippen LogP contribution in [0.5, 0.6) is 5.75 Å². The van der Waals surface area contributed by atoms with Gasteiger partial charge in [0.05, 0.1) is 48.1 Å². The minimum atomic E-state index is -0.224. The van der Waals surface area contributed by atoms with Crippen molar-refractivity contribution in [3.63, 3.8) is 0 Å². The van der Waals surface area contributed by atoms with E-state index >= 15 is 0 Å². The maximum absolute atomic E-state index is 13.6. The molecule has 9 heteroatoms. The number of methoxy groups -OCH3 is 1. The van der Waals surface area contributed by atoms with E-state index in [0.717, 1.165) is 66.2 Å². The Hall–Kier alpha value is -4.11. The Morgan fingerprint density at radius 1 is 0.938 bits per heavy atom. The molecule has 6 aromatic heterocycles. The molecule has 0 aromatic carbocycles. The third-order valence-corrected chi connectivity index (χ3v) is 6.24. The van der Waals surface area contributed by atoms with Crippen molar-refractivity contribution in [2.75, 3.05) is 7.11 Å². The number of pyridine rings is 3. The lowest BCUT2D eigenvalue weighted by atomic mass is 10.1. The third kappa shape index (κ3) is 3.02. The molecule has 0 atom stereocenters. The van der Waals surface area contributed by atoms with E-state index < -0.39 is 0 Å². The first kappa shape index (κ1) is 18.6. The average molecular weight is 442 g/mol. The fourth-order valence-electron chi connectivity index (χ4n) is 3.78. The van der Waals surface area contributed by atoms with Gasteiger partial charge in [0.25, 0.3) is 0 Å². The van der Waals surface area contributed by atoms with E-state index in [9.17, 15) is 4.39 Å². The summed E-state index contributed by atoms with van der Waals surface area (Å²) < 4.78 is 18.9.